The highest BCUT2D eigenvalue weighted by molar-refractivity contribution is 6.32. The zero-order valence-corrected chi connectivity index (χ0v) is 12.6. The Bertz CT molecular complexity index is 680. The Morgan fingerprint density at radius 1 is 1.14 bits per heavy atom. The summed E-state index contributed by atoms with van der Waals surface area (Å²) in [5.41, 5.74) is 2.31. The molecule has 0 bridgehead atoms. The molecule has 21 heavy (non-hydrogen) atoms. The number of hydrogen-bond donors (Lipinski definition) is 1. The lowest BCUT2D eigenvalue weighted by molar-refractivity contribution is 0.391. The molecule has 0 amide bonds. The van der Waals surface area contributed by atoms with E-state index in [1.54, 1.807) is 26.4 Å². The Labute approximate surface area is 128 Å². The summed E-state index contributed by atoms with van der Waals surface area (Å²) in [4.78, 5) is 0. The first-order valence-electron chi connectivity index (χ1n) is 6.32. The molecule has 0 heterocycles. The van der Waals surface area contributed by atoms with Crippen LogP contribution in [0.4, 0.5) is 5.69 Å². The smallest absolute Gasteiger partial charge is 0.127 e. The molecule has 0 fully saturated rings. The first-order chi connectivity index (χ1) is 10.2. The predicted molar refractivity (Wildman–Crippen MR) is 83.0 cm³/mol. The maximum atomic E-state index is 8.85. The van der Waals surface area contributed by atoms with Crippen LogP contribution < -0.4 is 14.8 Å². The van der Waals surface area contributed by atoms with Crippen molar-refractivity contribution in [2.24, 2.45) is 0 Å². The Balaban J connectivity index is 2.13. The summed E-state index contributed by atoms with van der Waals surface area (Å²) in [6.45, 7) is 0.579. The molecule has 0 atom stereocenters. The van der Waals surface area contributed by atoms with E-state index < -0.39 is 0 Å². The standard InChI is InChI=1S/C16H15ClN2O2/c1-20-14-6-4-12(16(8-14)21-2)10-19-13-5-3-11(9-18)15(17)7-13/h3-8,19H,10H2,1-2H3. The van der Waals surface area contributed by atoms with Crippen molar-refractivity contribution in [3.8, 4) is 17.6 Å². The normalized spacial score (nSPS) is 9.81. The number of hydrogen-bond acceptors (Lipinski definition) is 4. The number of nitriles is 1. The van der Waals surface area contributed by atoms with Gasteiger partial charge in [-0.15, -0.1) is 0 Å². The van der Waals surface area contributed by atoms with Crippen LogP contribution in [0, 0.1) is 11.3 Å². The maximum Gasteiger partial charge on any atom is 0.127 e. The maximum absolute atomic E-state index is 8.85. The Morgan fingerprint density at radius 3 is 2.57 bits per heavy atom. The van der Waals surface area contributed by atoms with Crippen molar-refractivity contribution >= 4 is 17.3 Å². The van der Waals surface area contributed by atoms with Crippen LogP contribution in [0.5, 0.6) is 11.5 Å². The van der Waals surface area contributed by atoms with Gasteiger partial charge in [-0.3, -0.25) is 0 Å². The van der Waals surface area contributed by atoms with Crippen molar-refractivity contribution in [3.63, 3.8) is 0 Å². The van der Waals surface area contributed by atoms with Gasteiger partial charge >= 0.3 is 0 Å². The van der Waals surface area contributed by atoms with Crippen LogP contribution in [0.15, 0.2) is 36.4 Å². The minimum absolute atomic E-state index is 0.434. The van der Waals surface area contributed by atoms with E-state index in [-0.39, 0.29) is 0 Å². The first kappa shape index (κ1) is 15.0. The van der Waals surface area contributed by atoms with Crippen LogP contribution in [0.3, 0.4) is 0 Å². The summed E-state index contributed by atoms with van der Waals surface area (Å²) in [6.07, 6.45) is 0. The number of rotatable bonds is 5. The van der Waals surface area contributed by atoms with Gasteiger partial charge in [-0.2, -0.15) is 5.26 Å². The van der Waals surface area contributed by atoms with E-state index in [1.165, 1.54) is 0 Å². The van der Waals surface area contributed by atoms with Gasteiger partial charge in [0.15, 0.2) is 0 Å². The molecule has 0 aliphatic rings. The lowest BCUT2D eigenvalue weighted by atomic mass is 10.1. The van der Waals surface area contributed by atoms with E-state index in [4.69, 9.17) is 26.3 Å². The highest BCUT2D eigenvalue weighted by Gasteiger charge is 2.06. The third-order valence-corrected chi connectivity index (χ3v) is 3.38. The van der Waals surface area contributed by atoms with Crippen molar-refractivity contribution in [2.45, 2.75) is 6.54 Å². The Kier molecular flexibility index (Phi) is 4.91. The topological polar surface area (TPSA) is 54.3 Å². The molecular formula is C16H15ClN2O2. The van der Waals surface area contributed by atoms with Crippen LogP contribution in [0.2, 0.25) is 5.02 Å². The molecule has 0 saturated heterocycles. The zero-order valence-electron chi connectivity index (χ0n) is 11.8. The number of methoxy groups -OCH3 is 2. The van der Waals surface area contributed by atoms with Crippen molar-refractivity contribution in [2.75, 3.05) is 19.5 Å². The predicted octanol–water partition coefficient (Wildman–Crippen LogP) is 3.84. The zero-order chi connectivity index (χ0) is 15.2. The van der Waals surface area contributed by atoms with Crippen molar-refractivity contribution < 1.29 is 9.47 Å². The van der Waals surface area contributed by atoms with Gasteiger partial charge in [0.1, 0.15) is 17.6 Å². The summed E-state index contributed by atoms with van der Waals surface area (Å²) < 4.78 is 10.5. The Hall–Kier alpha value is -2.38. The third-order valence-electron chi connectivity index (χ3n) is 3.07. The molecule has 0 aliphatic heterocycles. The number of nitrogens with zero attached hydrogens (tertiary/aromatic N) is 1. The second kappa shape index (κ2) is 6.87. The van der Waals surface area contributed by atoms with Crippen molar-refractivity contribution in [3.05, 3.63) is 52.5 Å². The van der Waals surface area contributed by atoms with Gasteiger partial charge in [0.2, 0.25) is 0 Å². The number of nitrogens with one attached hydrogen (secondary N) is 1. The van der Waals surface area contributed by atoms with Crippen LogP contribution in [-0.2, 0) is 6.54 Å². The van der Waals surface area contributed by atoms with Gasteiger partial charge in [0, 0.05) is 23.9 Å². The van der Waals surface area contributed by atoms with E-state index in [0.29, 0.717) is 17.1 Å². The van der Waals surface area contributed by atoms with E-state index in [0.717, 1.165) is 22.7 Å². The largest absolute Gasteiger partial charge is 0.497 e. The lowest BCUT2D eigenvalue weighted by Gasteiger charge is -2.12. The molecule has 5 heteroatoms. The molecule has 0 radical (unpaired) electrons. The summed E-state index contributed by atoms with van der Waals surface area (Å²) >= 11 is 6.01. The fraction of sp³-hybridized carbons (Fsp3) is 0.188. The van der Waals surface area contributed by atoms with Crippen LogP contribution in [-0.4, -0.2) is 14.2 Å². The van der Waals surface area contributed by atoms with E-state index in [2.05, 4.69) is 5.32 Å². The summed E-state index contributed by atoms with van der Waals surface area (Å²) in [5, 5.41) is 12.5. The summed E-state index contributed by atoms with van der Waals surface area (Å²) in [6, 6.07) is 12.9. The van der Waals surface area contributed by atoms with Gasteiger partial charge in [-0.25, -0.2) is 0 Å². The average molecular weight is 303 g/mol. The molecule has 2 rings (SSSR count). The molecule has 1 N–H and O–H groups in total. The SMILES string of the molecule is COc1ccc(CNc2ccc(C#N)c(Cl)c2)c(OC)c1. The number of halogens is 1. The molecule has 108 valence electrons. The molecule has 0 unspecified atom stereocenters. The van der Waals surface area contributed by atoms with Gasteiger partial charge in [-0.05, 0) is 30.3 Å². The molecular weight excluding hydrogens is 288 g/mol. The fourth-order valence-corrected chi connectivity index (χ4v) is 2.13. The fourth-order valence-electron chi connectivity index (χ4n) is 1.91. The second-order valence-electron chi connectivity index (χ2n) is 4.34. The quantitative estimate of drug-likeness (QED) is 0.911. The average Bonchev–Trinajstić information content (AvgIpc) is 2.52. The molecule has 4 nitrogen and oxygen atoms in total. The number of ether oxygens (including phenoxy) is 2. The van der Waals surface area contributed by atoms with Crippen LogP contribution in [0.1, 0.15) is 11.1 Å². The van der Waals surface area contributed by atoms with Gasteiger partial charge in [0.05, 0.1) is 24.8 Å². The van der Waals surface area contributed by atoms with Gasteiger partial charge < -0.3 is 14.8 Å². The van der Waals surface area contributed by atoms with Crippen molar-refractivity contribution in [1.29, 1.82) is 5.26 Å². The van der Waals surface area contributed by atoms with Crippen LogP contribution >= 0.6 is 11.6 Å². The molecule has 0 saturated carbocycles. The molecule has 0 aromatic heterocycles. The number of anilines is 1. The minimum Gasteiger partial charge on any atom is -0.497 e. The van der Waals surface area contributed by atoms with Gasteiger partial charge in [0.25, 0.3) is 0 Å². The highest BCUT2D eigenvalue weighted by atomic mass is 35.5. The molecule has 0 spiro atoms. The summed E-state index contributed by atoms with van der Waals surface area (Å²) in [5.74, 6) is 1.50. The van der Waals surface area contributed by atoms with E-state index in [1.807, 2.05) is 30.3 Å². The summed E-state index contributed by atoms with van der Waals surface area (Å²) in [7, 11) is 3.24. The molecule has 2 aromatic carbocycles. The third kappa shape index (κ3) is 3.59. The van der Waals surface area contributed by atoms with Crippen molar-refractivity contribution in [1.82, 2.24) is 0 Å². The first-order valence-corrected chi connectivity index (χ1v) is 6.70. The minimum atomic E-state index is 0.434. The second-order valence-corrected chi connectivity index (χ2v) is 4.74. The van der Waals surface area contributed by atoms with Gasteiger partial charge in [-0.1, -0.05) is 11.6 Å². The molecule has 0 aliphatic carbocycles. The number of benzene rings is 2. The van der Waals surface area contributed by atoms with Crippen LogP contribution in [0.25, 0.3) is 0 Å². The lowest BCUT2D eigenvalue weighted by Crippen LogP contribution is -2.02. The highest BCUT2D eigenvalue weighted by Crippen LogP contribution is 2.26. The molecule has 2 aromatic rings. The monoisotopic (exact) mass is 302 g/mol. The van der Waals surface area contributed by atoms with E-state index >= 15 is 0 Å². The van der Waals surface area contributed by atoms with E-state index in [9.17, 15) is 0 Å². The Morgan fingerprint density at radius 2 is 1.95 bits per heavy atom.